The van der Waals surface area contributed by atoms with Crippen molar-refractivity contribution in [3.05, 3.63) is 71.0 Å². The van der Waals surface area contributed by atoms with Gasteiger partial charge in [-0.05, 0) is 42.5 Å². The van der Waals surface area contributed by atoms with Gasteiger partial charge in [0.25, 0.3) is 0 Å². The molecule has 0 aliphatic heterocycles. The van der Waals surface area contributed by atoms with Gasteiger partial charge in [0.15, 0.2) is 5.75 Å². The molecule has 3 rings (SSSR count). The molecule has 0 amide bonds. The highest BCUT2D eigenvalue weighted by molar-refractivity contribution is 6.32. The lowest BCUT2D eigenvalue weighted by Crippen LogP contribution is -2.07. The Kier molecular flexibility index (Phi) is 5.31. The Morgan fingerprint density at radius 3 is 2.36 bits per heavy atom. The van der Waals surface area contributed by atoms with E-state index < -0.39 is 0 Å². The monoisotopic (exact) mass is 373 g/mol. The molecule has 6 heteroatoms. The van der Waals surface area contributed by atoms with Crippen LogP contribution in [0.4, 0.5) is 5.69 Å². The van der Waals surface area contributed by atoms with E-state index in [2.05, 4.69) is 4.99 Å². The smallest absolute Gasteiger partial charge is 0.155 e. The van der Waals surface area contributed by atoms with E-state index in [1.54, 1.807) is 24.5 Å². The van der Waals surface area contributed by atoms with Crippen LogP contribution >= 0.6 is 23.2 Å². The summed E-state index contributed by atoms with van der Waals surface area (Å²) in [6, 6.07) is 14.7. The topological polar surface area (TPSA) is 29.8 Å². The minimum Gasteiger partial charge on any atom is -0.455 e. The third kappa shape index (κ3) is 4.35. The highest BCUT2D eigenvalue weighted by atomic mass is 35.5. The van der Waals surface area contributed by atoms with Crippen molar-refractivity contribution in [1.82, 2.24) is 9.47 Å². The molecule has 0 N–H and O–H groups in total. The molecule has 0 spiro atoms. The molecule has 4 nitrogen and oxygen atoms in total. The van der Waals surface area contributed by atoms with E-state index in [0.717, 1.165) is 5.69 Å². The Balaban J connectivity index is 2.04. The van der Waals surface area contributed by atoms with E-state index in [0.29, 0.717) is 27.2 Å². The first-order valence-electron chi connectivity index (χ1n) is 7.64. The molecule has 0 fully saturated rings. The van der Waals surface area contributed by atoms with Crippen LogP contribution in [-0.2, 0) is 0 Å². The van der Waals surface area contributed by atoms with Crippen molar-refractivity contribution in [2.75, 3.05) is 14.1 Å². The van der Waals surface area contributed by atoms with Crippen LogP contribution in [-0.4, -0.2) is 29.9 Å². The van der Waals surface area contributed by atoms with E-state index >= 15 is 0 Å². The lowest BCUT2D eigenvalue weighted by atomic mass is 10.2. The second kappa shape index (κ2) is 7.64. The summed E-state index contributed by atoms with van der Waals surface area (Å²) in [6.45, 7) is 0. The average Bonchev–Trinajstić information content (AvgIpc) is 3.11. The number of rotatable bonds is 5. The van der Waals surface area contributed by atoms with E-state index in [1.807, 2.05) is 66.3 Å². The SMILES string of the molecule is CN(C)C=Nc1cc(Cl)c(-n2cccc2)cc1Oc1ccc(Cl)cc1. The normalized spacial score (nSPS) is 11.0. The number of hydrogen-bond acceptors (Lipinski definition) is 2. The molecule has 3 aromatic rings. The third-order valence-corrected chi connectivity index (χ3v) is 3.93. The molecule has 0 radical (unpaired) electrons. The van der Waals surface area contributed by atoms with Crippen LogP contribution in [0.25, 0.3) is 5.69 Å². The molecule has 1 aromatic heterocycles. The van der Waals surface area contributed by atoms with Crippen molar-refractivity contribution in [2.45, 2.75) is 0 Å². The van der Waals surface area contributed by atoms with Crippen LogP contribution < -0.4 is 4.74 Å². The van der Waals surface area contributed by atoms with Gasteiger partial charge >= 0.3 is 0 Å². The molecule has 0 aliphatic rings. The first-order chi connectivity index (χ1) is 12.0. The zero-order valence-corrected chi connectivity index (χ0v) is 15.4. The molecule has 0 atom stereocenters. The van der Waals surface area contributed by atoms with Crippen molar-refractivity contribution < 1.29 is 4.74 Å². The van der Waals surface area contributed by atoms with Crippen molar-refractivity contribution in [1.29, 1.82) is 0 Å². The zero-order chi connectivity index (χ0) is 17.8. The molecule has 0 saturated heterocycles. The lowest BCUT2D eigenvalue weighted by Gasteiger charge is -2.14. The van der Waals surface area contributed by atoms with Crippen molar-refractivity contribution in [3.63, 3.8) is 0 Å². The van der Waals surface area contributed by atoms with E-state index in [-0.39, 0.29) is 0 Å². The highest BCUT2D eigenvalue weighted by Gasteiger charge is 2.12. The molecule has 0 aliphatic carbocycles. The summed E-state index contributed by atoms with van der Waals surface area (Å²) < 4.78 is 7.95. The van der Waals surface area contributed by atoms with Crippen molar-refractivity contribution >= 4 is 35.2 Å². The van der Waals surface area contributed by atoms with Gasteiger partial charge in [-0.2, -0.15) is 0 Å². The van der Waals surface area contributed by atoms with Gasteiger partial charge in [-0.1, -0.05) is 23.2 Å². The third-order valence-electron chi connectivity index (χ3n) is 3.38. The molecular formula is C19H17Cl2N3O. The first-order valence-corrected chi connectivity index (χ1v) is 8.39. The summed E-state index contributed by atoms with van der Waals surface area (Å²) in [5.74, 6) is 1.28. The van der Waals surface area contributed by atoms with E-state index in [9.17, 15) is 0 Å². The molecule has 0 saturated carbocycles. The van der Waals surface area contributed by atoms with Crippen LogP contribution in [0.2, 0.25) is 10.0 Å². The number of hydrogen-bond donors (Lipinski definition) is 0. The zero-order valence-electron chi connectivity index (χ0n) is 13.9. The second-order valence-corrected chi connectivity index (χ2v) is 6.47. The Morgan fingerprint density at radius 2 is 1.72 bits per heavy atom. The van der Waals surface area contributed by atoms with Gasteiger partial charge in [0.1, 0.15) is 11.4 Å². The van der Waals surface area contributed by atoms with Crippen LogP contribution in [0.15, 0.2) is 65.9 Å². The number of halogens is 2. The van der Waals surface area contributed by atoms with Gasteiger partial charge in [-0.25, -0.2) is 4.99 Å². The Morgan fingerprint density at radius 1 is 1.04 bits per heavy atom. The number of aliphatic imine (C=N–C) groups is 1. The standard InChI is InChI=1S/C19H17Cl2N3O/c1-23(2)13-22-17-11-16(21)18(24-9-3-4-10-24)12-19(17)25-15-7-5-14(20)6-8-15/h3-13H,1-2H3. The van der Waals surface area contributed by atoms with Crippen molar-refractivity contribution in [3.8, 4) is 17.2 Å². The number of aromatic nitrogens is 1. The molecule has 1 heterocycles. The predicted molar refractivity (Wildman–Crippen MR) is 104 cm³/mol. The summed E-state index contributed by atoms with van der Waals surface area (Å²) in [7, 11) is 3.80. The largest absolute Gasteiger partial charge is 0.455 e. The predicted octanol–water partition coefficient (Wildman–Crippen LogP) is 5.80. The Bertz CT molecular complexity index is 872. The molecular weight excluding hydrogens is 357 g/mol. The molecule has 0 bridgehead atoms. The summed E-state index contributed by atoms with van der Waals surface area (Å²) in [5, 5.41) is 1.24. The maximum Gasteiger partial charge on any atom is 0.155 e. The minimum atomic E-state index is 0.588. The first kappa shape index (κ1) is 17.4. The van der Waals surface area contributed by atoms with Crippen LogP contribution in [0, 0.1) is 0 Å². The maximum absolute atomic E-state index is 6.45. The van der Waals surface area contributed by atoms with Crippen LogP contribution in [0.5, 0.6) is 11.5 Å². The fourth-order valence-electron chi connectivity index (χ4n) is 2.22. The van der Waals surface area contributed by atoms with Gasteiger partial charge in [-0.15, -0.1) is 0 Å². The number of nitrogens with zero attached hydrogens (tertiary/aromatic N) is 3. The van der Waals surface area contributed by atoms with Crippen molar-refractivity contribution in [2.24, 2.45) is 4.99 Å². The van der Waals surface area contributed by atoms with E-state index in [1.165, 1.54) is 0 Å². The number of ether oxygens (including phenoxy) is 1. The minimum absolute atomic E-state index is 0.588. The Labute approximate surface area is 156 Å². The molecule has 2 aromatic carbocycles. The Hall–Kier alpha value is -2.43. The molecule has 0 unspecified atom stereocenters. The van der Waals surface area contributed by atoms with Gasteiger partial charge in [0, 0.05) is 37.6 Å². The average molecular weight is 374 g/mol. The summed E-state index contributed by atoms with van der Waals surface area (Å²) in [4.78, 5) is 6.31. The van der Waals surface area contributed by atoms with Gasteiger partial charge in [0.2, 0.25) is 0 Å². The molecule has 128 valence electrons. The summed E-state index contributed by atoms with van der Waals surface area (Å²) in [6.07, 6.45) is 5.56. The van der Waals surface area contributed by atoms with Crippen LogP contribution in [0.3, 0.4) is 0 Å². The van der Waals surface area contributed by atoms with Crippen LogP contribution in [0.1, 0.15) is 0 Å². The quantitative estimate of drug-likeness (QED) is 0.417. The number of benzene rings is 2. The van der Waals surface area contributed by atoms with E-state index in [4.69, 9.17) is 27.9 Å². The summed E-state index contributed by atoms with van der Waals surface area (Å²) in [5.41, 5.74) is 1.46. The summed E-state index contributed by atoms with van der Waals surface area (Å²) >= 11 is 12.4. The van der Waals surface area contributed by atoms with Gasteiger partial charge in [0.05, 0.1) is 17.0 Å². The maximum atomic E-state index is 6.45. The van der Waals surface area contributed by atoms with Gasteiger partial charge < -0.3 is 14.2 Å². The van der Waals surface area contributed by atoms with Gasteiger partial charge in [-0.3, -0.25) is 0 Å². The fraction of sp³-hybridized carbons (Fsp3) is 0.105. The fourth-order valence-corrected chi connectivity index (χ4v) is 2.60. The second-order valence-electron chi connectivity index (χ2n) is 5.63. The lowest BCUT2D eigenvalue weighted by molar-refractivity contribution is 0.483. The molecule has 25 heavy (non-hydrogen) atoms. The highest BCUT2D eigenvalue weighted by Crippen LogP contribution is 2.38.